The maximum absolute atomic E-state index is 11.6. The van der Waals surface area contributed by atoms with Crippen molar-refractivity contribution in [2.24, 2.45) is 0 Å². The van der Waals surface area contributed by atoms with Gasteiger partial charge in [-0.1, -0.05) is 6.42 Å². The number of hydrogen-bond acceptors (Lipinski definition) is 4. The molecular weight excluding hydrogens is 276 g/mol. The van der Waals surface area contributed by atoms with Gasteiger partial charge >= 0.3 is 12.0 Å². The minimum Gasteiger partial charge on any atom is -0.480 e. The van der Waals surface area contributed by atoms with E-state index in [2.05, 4.69) is 20.9 Å². The molecule has 1 unspecified atom stereocenters. The SMILES string of the molecule is CC(CN1CCCCC1)NC(=O)NCC(=O)NCC(=O)O. The van der Waals surface area contributed by atoms with Crippen LogP contribution in [-0.2, 0) is 9.59 Å². The Bertz CT molecular complexity index is 369. The molecule has 0 radical (unpaired) electrons. The van der Waals surface area contributed by atoms with Crippen LogP contribution >= 0.6 is 0 Å². The molecule has 0 aromatic rings. The molecule has 8 nitrogen and oxygen atoms in total. The molecule has 1 rings (SSSR count). The molecule has 1 saturated heterocycles. The van der Waals surface area contributed by atoms with Crippen LogP contribution in [0.2, 0.25) is 0 Å². The molecule has 4 N–H and O–H groups in total. The molecule has 1 heterocycles. The molecule has 3 amide bonds. The number of nitrogens with zero attached hydrogens (tertiary/aromatic N) is 1. The number of carbonyl (C=O) groups is 3. The lowest BCUT2D eigenvalue weighted by atomic mass is 10.1. The first-order chi connectivity index (χ1) is 9.97. The van der Waals surface area contributed by atoms with E-state index >= 15 is 0 Å². The number of aliphatic carboxylic acids is 1. The first kappa shape index (κ1) is 17.2. The summed E-state index contributed by atoms with van der Waals surface area (Å²) < 4.78 is 0. The number of piperidine rings is 1. The number of nitrogens with one attached hydrogen (secondary N) is 3. The molecule has 0 aromatic heterocycles. The Morgan fingerprint density at radius 3 is 2.38 bits per heavy atom. The first-order valence-electron chi connectivity index (χ1n) is 7.22. The summed E-state index contributed by atoms with van der Waals surface area (Å²) in [6.45, 7) is 4.14. The van der Waals surface area contributed by atoms with Gasteiger partial charge in [-0.15, -0.1) is 0 Å². The molecule has 0 saturated carbocycles. The first-order valence-corrected chi connectivity index (χ1v) is 7.22. The van der Waals surface area contributed by atoms with E-state index in [0.29, 0.717) is 0 Å². The van der Waals surface area contributed by atoms with Gasteiger partial charge in [0.25, 0.3) is 0 Å². The van der Waals surface area contributed by atoms with Gasteiger partial charge in [0, 0.05) is 12.6 Å². The Morgan fingerprint density at radius 1 is 1.10 bits per heavy atom. The summed E-state index contributed by atoms with van der Waals surface area (Å²) in [5, 5.41) is 15.7. The fraction of sp³-hybridized carbons (Fsp3) is 0.769. The standard InChI is InChI=1S/C13H24N4O4/c1-10(9-17-5-3-2-4-6-17)16-13(21)15-7-11(18)14-8-12(19)20/h10H,2-9H2,1H3,(H,14,18)(H,19,20)(H2,15,16,21). The van der Waals surface area contributed by atoms with E-state index in [0.717, 1.165) is 19.6 Å². The van der Waals surface area contributed by atoms with Crippen LogP contribution in [0.25, 0.3) is 0 Å². The van der Waals surface area contributed by atoms with Gasteiger partial charge in [-0.05, 0) is 32.9 Å². The molecule has 120 valence electrons. The van der Waals surface area contributed by atoms with E-state index in [1.165, 1.54) is 19.3 Å². The van der Waals surface area contributed by atoms with Crippen LogP contribution in [0.15, 0.2) is 0 Å². The number of amides is 3. The molecular formula is C13H24N4O4. The molecule has 0 aromatic carbocycles. The second-order valence-corrected chi connectivity index (χ2v) is 5.26. The summed E-state index contributed by atoms with van der Waals surface area (Å²) in [5.41, 5.74) is 0. The van der Waals surface area contributed by atoms with E-state index in [1.54, 1.807) is 0 Å². The van der Waals surface area contributed by atoms with Crippen LogP contribution < -0.4 is 16.0 Å². The van der Waals surface area contributed by atoms with E-state index in [9.17, 15) is 14.4 Å². The van der Waals surface area contributed by atoms with Gasteiger partial charge in [0.2, 0.25) is 5.91 Å². The average molecular weight is 300 g/mol. The van der Waals surface area contributed by atoms with Crippen molar-refractivity contribution >= 4 is 17.9 Å². The number of rotatable bonds is 7. The number of hydrogen-bond donors (Lipinski definition) is 4. The van der Waals surface area contributed by atoms with Gasteiger partial charge in [0.15, 0.2) is 0 Å². The second-order valence-electron chi connectivity index (χ2n) is 5.26. The van der Waals surface area contributed by atoms with Crippen molar-refractivity contribution in [3.63, 3.8) is 0 Å². The van der Waals surface area contributed by atoms with Crippen LogP contribution in [0.3, 0.4) is 0 Å². The van der Waals surface area contributed by atoms with Gasteiger partial charge in [-0.25, -0.2) is 4.79 Å². The van der Waals surface area contributed by atoms with E-state index in [1.807, 2.05) is 6.92 Å². The Kier molecular flexibility index (Phi) is 7.52. The third-order valence-corrected chi connectivity index (χ3v) is 3.20. The molecule has 8 heteroatoms. The monoisotopic (exact) mass is 300 g/mol. The van der Waals surface area contributed by atoms with Crippen molar-refractivity contribution < 1.29 is 19.5 Å². The fourth-order valence-electron chi connectivity index (χ4n) is 2.25. The zero-order valence-electron chi connectivity index (χ0n) is 12.4. The Balaban J connectivity index is 2.14. The summed E-state index contributed by atoms with van der Waals surface area (Å²) in [7, 11) is 0. The quantitative estimate of drug-likeness (QED) is 0.500. The van der Waals surface area contributed by atoms with Crippen LogP contribution in [0.4, 0.5) is 4.79 Å². The molecule has 21 heavy (non-hydrogen) atoms. The van der Waals surface area contributed by atoms with Crippen molar-refractivity contribution in [2.45, 2.75) is 32.2 Å². The lowest BCUT2D eigenvalue weighted by molar-refractivity contribution is -0.137. The largest absolute Gasteiger partial charge is 0.480 e. The van der Waals surface area contributed by atoms with E-state index in [4.69, 9.17) is 5.11 Å². The highest BCUT2D eigenvalue weighted by Crippen LogP contribution is 2.08. The summed E-state index contributed by atoms with van der Waals surface area (Å²) in [4.78, 5) is 35.4. The minimum absolute atomic E-state index is 0.00909. The molecule has 0 bridgehead atoms. The highest BCUT2D eigenvalue weighted by Gasteiger charge is 2.15. The summed E-state index contributed by atoms with van der Waals surface area (Å²) >= 11 is 0. The van der Waals surface area contributed by atoms with Crippen molar-refractivity contribution in [1.82, 2.24) is 20.9 Å². The average Bonchev–Trinajstić information content (AvgIpc) is 2.43. The maximum atomic E-state index is 11.6. The Labute approximate surface area is 124 Å². The van der Waals surface area contributed by atoms with Gasteiger partial charge < -0.3 is 26.0 Å². The third-order valence-electron chi connectivity index (χ3n) is 3.20. The van der Waals surface area contributed by atoms with Crippen molar-refractivity contribution in [3.8, 4) is 0 Å². The van der Waals surface area contributed by atoms with Crippen LogP contribution in [0, 0.1) is 0 Å². The van der Waals surface area contributed by atoms with Crippen molar-refractivity contribution in [3.05, 3.63) is 0 Å². The molecule has 1 aliphatic heterocycles. The highest BCUT2D eigenvalue weighted by atomic mass is 16.4. The summed E-state index contributed by atoms with van der Waals surface area (Å²) in [6, 6.07) is -0.435. The molecule has 1 atom stereocenters. The lowest BCUT2D eigenvalue weighted by Gasteiger charge is -2.29. The molecule has 1 aliphatic rings. The van der Waals surface area contributed by atoms with Crippen LogP contribution in [0.5, 0.6) is 0 Å². The Hall–Kier alpha value is -1.83. The molecule has 0 spiro atoms. The van der Waals surface area contributed by atoms with E-state index < -0.39 is 24.5 Å². The smallest absolute Gasteiger partial charge is 0.322 e. The molecule has 1 fully saturated rings. The topological polar surface area (TPSA) is 111 Å². The van der Waals surface area contributed by atoms with Gasteiger partial charge in [-0.3, -0.25) is 9.59 Å². The molecule has 0 aliphatic carbocycles. The van der Waals surface area contributed by atoms with Gasteiger partial charge in [-0.2, -0.15) is 0 Å². The number of carbonyl (C=O) groups excluding carboxylic acids is 2. The van der Waals surface area contributed by atoms with Gasteiger partial charge in [0.1, 0.15) is 6.54 Å². The fourth-order valence-corrected chi connectivity index (χ4v) is 2.25. The van der Waals surface area contributed by atoms with E-state index in [-0.39, 0.29) is 12.6 Å². The third kappa shape index (κ3) is 8.13. The zero-order chi connectivity index (χ0) is 15.7. The minimum atomic E-state index is -1.12. The zero-order valence-corrected chi connectivity index (χ0v) is 12.4. The number of likely N-dealkylation sites (tertiary alicyclic amines) is 1. The predicted octanol–water partition coefficient (Wildman–Crippen LogP) is -0.639. The number of carboxylic acid groups (broad SMARTS) is 1. The van der Waals surface area contributed by atoms with Crippen molar-refractivity contribution in [2.75, 3.05) is 32.7 Å². The van der Waals surface area contributed by atoms with Crippen LogP contribution in [0.1, 0.15) is 26.2 Å². The predicted molar refractivity (Wildman–Crippen MR) is 76.9 cm³/mol. The normalized spacial score (nSPS) is 16.8. The number of urea groups is 1. The lowest BCUT2D eigenvalue weighted by Crippen LogP contribution is -2.49. The summed E-state index contributed by atoms with van der Waals surface area (Å²) in [5.74, 6) is -1.65. The van der Waals surface area contributed by atoms with Gasteiger partial charge in [0.05, 0.1) is 6.54 Å². The number of carboxylic acids is 1. The highest BCUT2D eigenvalue weighted by molar-refractivity contribution is 5.86. The maximum Gasteiger partial charge on any atom is 0.322 e. The summed E-state index contributed by atoms with van der Waals surface area (Å²) in [6.07, 6.45) is 3.66. The Morgan fingerprint density at radius 2 is 1.76 bits per heavy atom. The van der Waals surface area contributed by atoms with Crippen molar-refractivity contribution in [1.29, 1.82) is 0 Å². The second kappa shape index (κ2) is 9.17. The van der Waals surface area contributed by atoms with Crippen LogP contribution in [-0.4, -0.2) is 66.7 Å².